The first kappa shape index (κ1) is 28.0. The third-order valence-corrected chi connectivity index (χ3v) is 8.88. The molecule has 13 heteroatoms. The average Bonchev–Trinajstić information content (AvgIpc) is 3.15. The van der Waals surface area contributed by atoms with E-state index in [0.717, 1.165) is 6.42 Å². The highest BCUT2D eigenvalue weighted by atomic mass is 32.2. The van der Waals surface area contributed by atoms with Crippen molar-refractivity contribution in [2.24, 2.45) is 16.7 Å². The Kier molecular flexibility index (Phi) is 6.84. The molecule has 0 spiro atoms. The number of fused-ring (bicyclic) bond motifs is 2. The predicted octanol–water partition coefficient (Wildman–Crippen LogP) is 4.27. The quantitative estimate of drug-likeness (QED) is 0.307. The first-order valence-corrected chi connectivity index (χ1v) is 13.3. The van der Waals surface area contributed by atoms with E-state index in [1.165, 1.54) is 30.3 Å². The first-order valence-electron chi connectivity index (χ1n) is 11.7. The molecule has 2 N–H and O–H groups in total. The van der Waals surface area contributed by atoms with Gasteiger partial charge in [-0.25, -0.2) is 8.78 Å². The summed E-state index contributed by atoms with van der Waals surface area (Å²) in [6.07, 6.45) is -1.88. The highest BCUT2D eigenvalue weighted by Crippen LogP contribution is 2.64. The molecule has 38 heavy (non-hydrogen) atoms. The van der Waals surface area contributed by atoms with Crippen LogP contribution in [0.2, 0.25) is 0 Å². The molecule has 206 valence electrons. The number of rotatable bonds is 6. The Morgan fingerprint density at radius 2 is 1.74 bits per heavy atom. The molecule has 1 heterocycles. The molecule has 0 aromatic heterocycles. The van der Waals surface area contributed by atoms with Crippen LogP contribution in [-0.4, -0.2) is 55.3 Å². The number of hydrogen-bond acceptors (Lipinski definition) is 6. The SMILES string of the molecule is CC1(C)C2CCC1(CS(=O)(=O)O)C(=O)C2.O=C1NC(=O)c2ccc(OCC(F)(F)C(F)F)c3cccc1c23. The van der Waals surface area contributed by atoms with Gasteiger partial charge in [0.05, 0.1) is 11.2 Å². The third-order valence-electron chi connectivity index (χ3n) is 8.02. The number of hydrogen-bond donors (Lipinski definition) is 2. The van der Waals surface area contributed by atoms with E-state index < -0.39 is 52.1 Å². The van der Waals surface area contributed by atoms with Crippen molar-refractivity contribution >= 4 is 38.5 Å². The fraction of sp³-hybridized carbons (Fsp3) is 0.480. The van der Waals surface area contributed by atoms with Gasteiger partial charge < -0.3 is 4.74 Å². The van der Waals surface area contributed by atoms with E-state index in [0.29, 0.717) is 12.8 Å². The van der Waals surface area contributed by atoms with Gasteiger partial charge in [0, 0.05) is 28.3 Å². The molecular weight excluding hydrogens is 534 g/mol. The van der Waals surface area contributed by atoms with Gasteiger partial charge in [-0.15, -0.1) is 0 Å². The van der Waals surface area contributed by atoms with Crippen molar-refractivity contribution in [3.63, 3.8) is 0 Å². The summed E-state index contributed by atoms with van der Waals surface area (Å²) in [5.41, 5.74) is -0.753. The molecule has 2 bridgehead atoms. The van der Waals surface area contributed by atoms with Gasteiger partial charge in [0.1, 0.15) is 11.5 Å². The minimum absolute atomic E-state index is 0.0152. The molecule has 3 aliphatic rings. The lowest BCUT2D eigenvalue weighted by Gasteiger charge is -2.35. The van der Waals surface area contributed by atoms with E-state index in [1.54, 1.807) is 0 Å². The maximum atomic E-state index is 13.0. The number of alkyl halides is 4. The van der Waals surface area contributed by atoms with Crippen LogP contribution < -0.4 is 10.1 Å². The molecule has 2 atom stereocenters. The van der Waals surface area contributed by atoms with Crippen LogP contribution in [0.3, 0.4) is 0 Å². The molecule has 2 aromatic carbocycles. The molecule has 1 aliphatic heterocycles. The summed E-state index contributed by atoms with van der Waals surface area (Å²) in [4.78, 5) is 35.5. The predicted molar refractivity (Wildman–Crippen MR) is 127 cm³/mol. The zero-order valence-electron chi connectivity index (χ0n) is 20.4. The normalized spacial score (nSPS) is 23.9. The monoisotopic (exact) mass is 559 g/mol. The molecule has 5 rings (SSSR count). The van der Waals surface area contributed by atoms with Crippen LogP contribution in [0.1, 0.15) is 53.8 Å². The van der Waals surface area contributed by atoms with Crippen LogP contribution in [0.15, 0.2) is 30.3 Å². The van der Waals surface area contributed by atoms with Gasteiger partial charge in [-0.3, -0.25) is 24.3 Å². The van der Waals surface area contributed by atoms with Gasteiger partial charge >= 0.3 is 12.3 Å². The van der Waals surface area contributed by atoms with Crippen LogP contribution >= 0.6 is 0 Å². The van der Waals surface area contributed by atoms with Gasteiger partial charge in [-0.05, 0) is 42.4 Å². The summed E-state index contributed by atoms with van der Waals surface area (Å²) in [6.45, 7) is 2.38. The van der Waals surface area contributed by atoms with Gasteiger partial charge in [0.2, 0.25) is 0 Å². The molecule has 8 nitrogen and oxygen atoms in total. The van der Waals surface area contributed by atoms with E-state index in [1.807, 2.05) is 13.8 Å². The van der Waals surface area contributed by atoms with Gasteiger partial charge in [0.15, 0.2) is 6.61 Å². The summed E-state index contributed by atoms with van der Waals surface area (Å²) in [6, 6.07) is 6.94. The van der Waals surface area contributed by atoms with Gasteiger partial charge in [0.25, 0.3) is 21.9 Å². The summed E-state index contributed by atoms with van der Waals surface area (Å²) in [5.74, 6) is -5.75. The Bertz CT molecular complexity index is 1420. The smallest absolute Gasteiger partial charge is 0.340 e. The number of ether oxygens (including phenoxy) is 1. The van der Waals surface area contributed by atoms with Gasteiger partial charge in [-0.1, -0.05) is 26.0 Å². The van der Waals surface area contributed by atoms with Crippen LogP contribution in [0.25, 0.3) is 10.8 Å². The van der Waals surface area contributed by atoms with Crippen molar-refractivity contribution < 1.29 is 49.7 Å². The lowest BCUT2D eigenvalue weighted by Crippen LogP contribution is -2.42. The largest absolute Gasteiger partial charge is 0.486 e. The molecular formula is C25H25F4NO7S. The second kappa shape index (κ2) is 9.30. The van der Waals surface area contributed by atoms with Crippen LogP contribution in [0.4, 0.5) is 17.6 Å². The molecule has 2 aliphatic carbocycles. The van der Waals surface area contributed by atoms with Crippen molar-refractivity contribution in [2.75, 3.05) is 12.4 Å². The number of imide groups is 1. The third kappa shape index (κ3) is 4.66. The average molecular weight is 560 g/mol. The summed E-state index contributed by atoms with van der Waals surface area (Å²) >= 11 is 0. The van der Waals surface area contributed by atoms with E-state index >= 15 is 0 Å². The van der Waals surface area contributed by atoms with Crippen LogP contribution in [0.5, 0.6) is 5.75 Å². The Morgan fingerprint density at radius 3 is 2.26 bits per heavy atom. The molecule has 2 aromatic rings. The fourth-order valence-corrected chi connectivity index (χ4v) is 7.08. The van der Waals surface area contributed by atoms with E-state index in [9.17, 15) is 40.4 Å². The number of nitrogens with one attached hydrogen (secondary N) is 1. The van der Waals surface area contributed by atoms with E-state index in [2.05, 4.69) is 5.32 Å². The number of benzene rings is 2. The lowest BCUT2D eigenvalue weighted by molar-refractivity contribution is -0.148. The Labute approximate surface area is 215 Å². The molecule has 2 unspecified atom stereocenters. The molecule has 2 fully saturated rings. The lowest BCUT2D eigenvalue weighted by atomic mass is 9.70. The second-order valence-electron chi connectivity index (χ2n) is 10.4. The van der Waals surface area contributed by atoms with Gasteiger partial charge in [-0.2, -0.15) is 17.2 Å². The van der Waals surface area contributed by atoms with Crippen molar-refractivity contribution in [3.05, 3.63) is 41.5 Å². The zero-order chi connectivity index (χ0) is 28.3. The number of Topliss-reactive ketones (excluding diaryl/α,β-unsaturated/α-hetero) is 1. The highest BCUT2D eigenvalue weighted by molar-refractivity contribution is 7.85. The summed E-state index contributed by atoms with van der Waals surface area (Å²) in [7, 11) is -4.08. The molecule has 2 saturated carbocycles. The maximum absolute atomic E-state index is 13.0. The first-order chi connectivity index (χ1) is 17.5. The van der Waals surface area contributed by atoms with Crippen molar-refractivity contribution in [3.8, 4) is 5.75 Å². The number of carbonyl (C=O) groups excluding carboxylic acids is 3. The van der Waals surface area contributed by atoms with Crippen LogP contribution in [0, 0.1) is 16.7 Å². The highest BCUT2D eigenvalue weighted by Gasteiger charge is 2.65. The summed E-state index contributed by atoms with van der Waals surface area (Å²) in [5, 5.41) is 2.63. The summed E-state index contributed by atoms with van der Waals surface area (Å²) < 4.78 is 86.2. The van der Waals surface area contributed by atoms with Crippen molar-refractivity contribution in [1.29, 1.82) is 0 Å². The van der Waals surface area contributed by atoms with E-state index in [4.69, 9.17) is 9.29 Å². The minimum Gasteiger partial charge on any atom is -0.486 e. The molecule has 2 amide bonds. The number of carbonyl (C=O) groups is 3. The number of ketones is 1. The Morgan fingerprint density at radius 1 is 1.11 bits per heavy atom. The molecule has 0 saturated heterocycles. The van der Waals surface area contributed by atoms with Crippen LogP contribution in [-0.2, 0) is 14.9 Å². The second-order valence-corrected chi connectivity index (χ2v) is 11.8. The van der Waals surface area contributed by atoms with E-state index in [-0.39, 0.29) is 44.8 Å². The number of amides is 2. The molecule has 0 radical (unpaired) electrons. The zero-order valence-corrected chi connectivity index (χ0v) is 21.2. The standard InChI is InChI=1S/C15H9F4NO3.C10H16O4S/c16-14(17)15(18,19)6-23-10-5-4-9-11-7(10)2-1-3-8(11)12(21)20-13(9)22;1-9(2)7-3-4-10(9,8(11)5-7)6-15(12,13)14/h1-5,14H,6H2,(H,20,21,22);7H,3-6H2,1-2H3,(H,12,13,14). The minimum atomic E-state index is -4.30. The number of halogens is 4. The Hall–Kier alpha value is -3.06. The Balaban J connectivity index is 0.000000194. The maximum Gasteiger partial charge on any atom is 0.340 e. The topological polar surface area (TPSA) is 127 Å². The van der Waals surface area contributed by atoms with Crippen molar-refractivity contribution in [2.45, 2.75) is 45.5 Å². The fourth-order valence-electron chi connectivity index (χ4n) is 5.78. The van der Waals surface area contributed by atoms with Crippen molar-refractivity contribution in [1.82, 2.24) is 5.32 Å².